The number of aromatic nitrogens is 3. The standard InChI is InChI=1S/C8H3ClF3N3O/c9-7-13-3-1-2-4(8(10,11)12)14-5(3)6(16)15-7/h1-2H,(H,13,15,16). The van der Waals surface area contributed by atoms with Gasteiger partial charge in [-0.05, 0) is 23.7 Å². The molecule has 0 aliphatic rings. The zero-order valence-electron chi connectivity index (χ0n) is 7.47. The molecule has 2 aromatic rings. The summed E-state index contributed by atoms with van der Waals surface area (Å²) in [7, 11) is 0. The Morgan fingerprint density at radius 1 is 1.25 bits per heavy atom. The topological polar surface area (TPSA) is 58.6 Å². The molecule has 16 heavy (non-hydrogen) atoms. The van der Waals surface area contributed by atoms with E-state index in [-0.39, 0.29) is 16.3 Å². The number of H-pyrrole nitrogens is 1. The first-order valence-electron chi connectivity index (χ1n) is 4.02. The lowest BCUT2D eigenvalue weighted by Gasteiger charge is -2.05. The summed E-state index contributed by atoms with van der Waals surface area (Å²) in [4.78, 5) is 20.2. The van der Waals surface area contributed by atoms with E-state index in [1.165, 1.54) is 0 Å². The first-order chi connectivity index (χ1) is 7.38. The minimum absolute atomic E-state index is 0.0155. The van der Waals surface area contributed by atoms with Gasteiger partial charge < -0.3 is 0 Å². The fourth-order valence-corrected chi connectivity index (χ4v) is 1.33. The van der Waals surface area contributed by atoms with E-state index in [9.17, 15) is 18.0 Å². The molecule has 0 bridgehead atoms. The zero-order chi connectivity index (χ0) is 11.9. The summed E-state index contributed by atoms with van der Waals surface area (Å²) in [5.74, 6) is 0. The van der Waals surface area contributed by atoms with Crippen LogP contribution in [0.5, 0.6) is 0 Å². The number of rotatable bonds is 0. The maximum absolute atomic E-state index is 12.3. The van der Waals surface area contributed by atoms with Gasteiger partial charge in [-0.2, -0.15) is 13.2 Å². The van der Waals surface area contributed by atoms with E-state index >= 15 is 0 Å². The number of nitrogens with one attached hydrogen (secondary N) is 1. The summed E-state index contributed by atoms with van der Waals surface area (Å²) in [6.45, 7) is 0. The second-order valence-electron chi connectivity index (χ2n) is 2.92. The molecule has 0 atom stereocenters. The lowest BCUT2D eigenvalue weighted by atomic mass is 10.3. The van der Waals surface area contributed by atoms with Crippen LogP contribution in [0.3, 0.4) is 0 Å². The summed E-state index contributed by atoms with van der Waals surface area (Å²) in [6, 6.07) is 1.79. The third-order valence-electron chi connectivity index (χ3n) is 1.81. The molecule has 0 amide bonds. The predicted octanol–water partition coefficient (Wildman–Crippen LogP) is 1.99. The van der Waals surface area contributed by atoms with Gasteiger partial charge in [-0.3, -0.25) is 9.78 Å². The van der Waals surface area contributed by atoms with E-state index in [1.54, 1.807) is 0 Å². The molecule has 0 fully saturated rings. The molecule has 0 aliphatic carbocycles. The fraction of sp³-hybridized carbons (Fsp3) is 0.125. The van der Waals surface area contributed by atoms with Gasteiger partial charge in [-0.1, -0.05) is 0 Å². The van der Waals surface area contributed by atoms with Crippen molar-refractivity contribution in [3.8, 4) is 0 Å². The number of pyridine rings is 1. The number of fused-ring (bicyclic) bond motifs is 1. The largest absolute Gasteiger partial charge is 0.433 e. The van der Waals surface area contributed by atoms with Gasteiger partial charge in [0.2, 0.25) is 5.28 Å². The highest BCUT2D eigenvalue weighted by atomic mass is 35.5. The first-order valence-corrected chi connectivity index (χ1v) is 4.39. The van der Waals surface area contributed by atoms with E-state index in [1.807, 2.05) is 0 Å². The molecule has 2 heterocycles. The molecular formula is C8H3ClF3N3O. The van der Waals surface area contributed by atoms with Crippen LogP contribution in [0.2, 0.25) is 5.28 Å². The van der Waals surface area contributed by atoms with Crippen molar-refractivity contribution in [3.63, 3.8) is 0 Å². The average Bonchev–Trinajstić information content (AvgIpc) is 2.15. The molecule has 0 radical (unpaired) electrons. The Bertz CT molecular complexity index is 607. The number of nitrogens with zero attached hydrogens (tertiary/aromatic N) is 2. The molecule has 0 unspecified atom stereocenters. The number of alkyl halides is 3. The van der Waals surface area contributed by atoms with Crippen LogP contribution < -0.4 is 5.56 Å². The molecule has 0 saturated carbocycles. The van der Waals surface area contributed by atoms with E-state index in [2.05, 4.69) is 15.0 Å². The molecule has 0 aliphatic heterocycles. The molecule has 8 heteroatoms. The highest BCUT2D eigenvalue weighted by Gasteiger charge is 2.32. The summed E-state index contributed by atoms with van der Waals surface area (Å²) < 4.78 is 36.9. The van der Waals surface area contributed by atoms with Gasteiger partial charge in [-0.25, -0.2) is 9.97 Å². The summed E-state index contributed by atoms with van der Waals surface area (Å²) in [6.07, 6.45) is -4.60. The van der Waals surface area contributed by atoms with Gasteiger partial charge in [0.15, 0.2) is 5.52 Å². The summed E-state index contributed by atoms with van der Waals surface area (Å²) in [5.41, 5.74) is -2.32. The first kappa shape index (κ1) is 10.9. The van der Waals surface area contributed by atoms with E-state index in [0.29, 0.717) is 0 Å². The monoisotopic (exact) mass is 249 g/mol. The number of hydrogen-bond donors (Lipinski definition) is 1. The smallest absolute Gasteiger partial charge is 0.295 e. The van der Waals surface area contributed by atoms with Gasteiger partial charge >= 0.3 is 6.18 Å². The molecule has 0 spiro atoms. The van der Waals surface area contributed by atoms with Crippen LogP contribution in [0.1, 0.15) is 5.69 Å². The maximum atomic E-state index is 12.3. The molecule has 1 N–H and O–H groups in total. The van der Waals surface area contributed by atoms with Crippen molar-refractivity contribution in [1.82, 2.24) is 15.0 Å². The van der Waals surface area contributed by atoms with E-state index in [4.69, 9.17) is 11.6 Å². The summed E-state index contributed by atoms with van der Waals surface area (Å²) in [5, 5.41) is -0.195. The normalized spacial score (nSPS) is 12.0. The van der Waals surface area contributed by atoms with Crippen molar-refractivity contribution in [3.05, 3.63) is 33.5 Å². The number of aromatic amines is 1. The van der Waals surface area contributed by atoms with Crippen LogP contribution in [-0.2, 0) is 6.18 Å². The van der Waals surface area contributed by atoms with Gasteiger partial charge in [0.25, 0.3) is 5.56 Å². The Kier molecular flexibility index (Phi) is 2.34. The molecule has 84 valence electrons. The molecule has 2 rings (SSSR count). The molecule has 2 aromatic heterocycles. The molecule has 4 nitrogen and oxygen atoms in total. The third kappa shape index (κ3) is 1.85. The number of hydrogen-bond acceptors (Lipinski definition) is 3. The SMILES string of the molecule is O=c1[nH]c(Cl)nc2ccc(C(F)(F)F)nc12. The van der Waals surface area contributed by atoms with Crippen molar-refractivity contribution < 1.29 is 13.2 Å². The van der Waals surface area contributed by atoms with E-state index < -0.39 is 17.4 Å². The summed E-state index contributed by atoms with van der Waals surface area (Å²) >= 11 is 5.44. The van der Waals surface area contributed by atoms with Crippen LogP contribution >= 0.6 is 11.6 Å². The Morgan fingerprint density at radius 2 is 1.94 bits per heavy atom. The lowest BCUT2D eigenvalue weighted by Crippen LogP contribution is -2.14. The van der Waals surface area contributed by atoms with Crippen LogP contribution in [0.15, 0.2) is 16.9 Å². The molecular weight excluding hydrogens is 247 g/mol. The lowest BCUT2D eigenvalue weighted by molar-refractivity contribution is -0.140. The third-order valence-corrected chi connectivity index (χ3v) is 1.99. The van der Waals surface area contributed by atoms with Crippen LogP contribution in [0.25, 0.3) is 11.0 Å². The number of halogens is 4. The second kappa shape index (κ2) is 3.44. The Hall–Kier alpha value is -1.63. The fourth-order valence-electron chi connectivity index (χ4n) is 1.15. The zero-order valence-corrected chi connectivity index (χ0v) is 8.23. The van der Waals surface area contributed by atoms with Crippen molar-refractivity contribution in [2.45, 2.75) is 6.18 Å². The maximum Gasteiger partial charge on any atom is 0.433 e. The van der Waals surface area contributed by atoms with Crippen LogP contribution in [-0.4, -0.2) is 15.0 Å². The van der Waals surface area contributed by atoms with Gasteiger partial charge in [0.1, 0.15) is 5.69 Å². The Labute approximate surface area is 91.1 Å². The van der Waals surface area contributed by atoms with Crippen molar-refractivity contribution in [2.24, 2.45) is 0 Å². The van der Waals surface area contributed by atoms with Gasteiger partial charge in [0, 0.05) is 0 Å². The highest BCUT2D eigenvalue weighted by molar-refractivity contribution is 6.28. The van der Waals surface area contributed by atoms with Gasteiger partial charge in [-0.15, -0.1) is 0 Å². The van der Waals surface area contributed by atoms with Crippen molar-refractivity contribution in [1.29, 1.82) is 0 Å². The quantitative estimate of drug-likeness (QED) is 0.727. The molecule has 0 aromatic carbocycles. The average molecular weight is 250 g/mol. The van der Waals surface area contributed by atoms with Gasteiger partial charge in [0.05, 0.1) is 5.52 Å². The van der Waals surface area contributed by atoms with Crippen molar-refractivity contribution >= 4 is 22.6 Å². The Morgan fingerprint density at radius 3 is 2.56 bits per heavy atom. The molecule has 0 saturated heterocycles. The van der Waals surface area contributed by atoms with Crippen molar-refractivity contribution in [2.75, 3.05) is 0 Å². The van der Waals surface area contributed by atoms with Crippen LogP contribution in [0, 0.1) is 0 Å². The minimum atomic E-state index is -4.60. The van der Waals surface area contributed by atoms with E-state index in [0.717, 1.165) is 12.1 Å². The Balaban J connectivity index is 2.77. The minimum Gasteiger partial charge on any atom is -0.295 e. The highest BCUT2D eigenvalue weighted by Crippen LogP contribution is 2.28. The van der Waals surface area contributed by atoms with Crippen LogP contribution in [0.4, 0.5) is 13.2 Å². The second-order valence-corrected chi connectivity index (χ2v) is 3.28. The predicted molar refractivity (Wildman–Crippen MR) is 50.2 cm³/mol.